The normalized spacial score (nSPS) is 15.4. The van der Waals surface area contributed by atoms with Crippen LogP contribution in [0.3, 0.4) is 0 Å². The molecule has 0 saturated carbocycles. The smallest absolute Gasteiger partial charge is 0.245 e. The second kappa shape index (κ2) is 30.5. The van der Waals surface area contributed by atoms with Gasteiger partial charge in [-0.2, -0.15) is 15.1 Å². The lowest BCUT2D eigenvalue weighted by molar-refractivity contribution is 0.111. The van der Waals surface area contributed by atoms with Gasteiger partial charge in [-0.3, -0.25) is 20.2 Å². The van der Waals surface area contributed by atoms with E-state index in [1.165, 1.54) is 11.4 Å². The Morgan fingerprint density at radius 3 is 1.32 bits per heavy atom. The van der Waals surface area contributed by atoms with Gasteiger partial charge in [0.05, 0.1) is 101 Å². The number of halogens is 2. The van der Waals surface area contributed by atoms with Crippen molar-refractivity contribution in [1.82, 2.24) is 29.9 Å². The number of aliphatic hydroxyl groups excluding tert-OH is 1. The van der Waals surface area contributed by atoms with E-state index >= 15 is 0 Å². The molecule has 10 rings (SSSR count). The lowest BCUT2D eigenvalue weighted by atomic mass is 10.2. The van der Waals surface area contributed by atoms with Gasteiger partial charge in [0.1, 0.15) is 5.69 Å². The molecule has 4 fully saturated rings. The van der Waals surface area contributed by atoms with Crippen LogP contribution >= 0.6 is 0 Å². The number of carbonyl (C=O) groups is 1. The summed E-state index contributed by atoms with van der Waals surface area (Å²) in [5.74, 6) is 5.16. The highest BCUT2D eigenvalue weighted by atomic mass is 19.1. The van der Waals surface area contributed by atoms with Gasteiger partial charge >= 0.3 is 0 Å². The molecule has 2 aromatic carbocycles. The van der Waals surface area contributed by atoms with Gasteiger partial charge in [0.15, 0.2) is 29.6 Å². The molecule has 24 heteroatoms. The summed E-state index contributed by atoms with van der Waals surface area (Å²) in [5, 5.41) is 18.3. The molecule has 0 radical (unpaired) electrons. The molecular weight excluding hydrogens is 971 g/mol. The highest BCUT2D eigenvalue weighted by Crippen LogP contribution is 2.24. The number of morpholine rings is 4. The highest BCUT2D eigenvalue weighted by molar-refractivity contribution is 5.78. The minimum atomic E-state index is -0.470. The van der Waals surface area contributed by atoms with Crippen LogP contribution in [0.5, 0.6) is 0 Å². The van der Waals surface area contributed by atoms with E-state index in [2.05, 4.69) is 103 Å². The summed E-state index contributed by atoms with van der Waals surface area (Å²) in [7, 11) is 0. The maximum Gasteiger partial charge on any atom is 0.245 e. The summed E-state index contributed by atoms with van der Waals surface area (Å²) >= 11 is 0. The van der Waals surface area contributed by atoms with E-state index in [-0.39, 0.29) is 37.6 Å². The number of hydrogen-bond acceptors (Lipinski definition) is 22. The number of nitrogens with two attached hydrogens (primary N) is 1. The molecule has 6 aromatic rings. The molecule has 0 aliphatic carbocycles. The van der Waals surface area contributed by atoms with Crippen LogP contribution in [-0.2, 0) is 18.9 Å². The lowest BCUT2D eigenvalue weighted by Gasteiger charge is -2.28. The zero-order valence-electron chi connectivity index (χ0n) is 41.2. The van der Waals surface area contributed by atoms with Crippen LogP contribution in [0.1, 0.15) is 30.5 Å². The Kier molecular flexibility index (Phi) is 23.0. The Morgan fingerprint density at radius 2 is 0.933 bits per heavy atom. The van der Waals surface area contributed by atoms with E-state index < -0.39 is 11.6 Å². The van der Waals surface area contributed by atoms with E-state index in [0.717, 1.165) is 94.0 Å². The van der Waals surface area contributed by atoms with Crippen molar-refractivity contribution in [3.8, 4) is 0 Å². The fourth-order valence-electron chi connectivity index (χ4n) is 7.58. The summed E-state index contributed by atoms with van der Waals surface area (Å²) in [5.41, 5.74) is 12.2. The molecule has 4 saturated heterocycles. The van der Waals surface area contributed by atoms with Crippen molar-refractivity contribution in [2.45, 2.75) is 14.4 Å². The van der Waals surface area contributed by atoms with Gasteiger partial charge in [-0.1, -0.05) is 7.43 Å². The van der Waals surface area contributed by atoms with Gasteiger partial charge < -0.3 is 54.3 Å². The zero-order chi connectivity index (χ0) is 51.7. The second-order valence-electron chi connectivity index (χ2n) is 16.4. The van der Waals surface area contributed by atoms with Crippen molar-refractivity contribution in [2.24, 2.45) is 10.9 Å². The molecule has 4 aliphatic heterocycles. The first kappa shape index (κ1) is 56.6. The van der Waals surface area contributed by atoms with Crippen molar-refractivity contribution in [3.63, 3.8) is 0 Å². The monoisotopic (exact) mass is 1040 g/mol. The van der Waals surface area contributed by atoms with E-state index in [4.69, 9.17) is 29.9 Å². The van der Waals surface area contributed by atoms with Crippen molar-refractivity contribution >= 4 is 70.2 Å². The van der Waals surface area contributed by atoms with Gasteiger partial charge in [0.25, 0.3) is 0 Å². The van der Waals surface area contributed by atoms with Crippen LogP contribution < -0.4 is 46.9 Å². The molecule has 0 amide bonds. The van der Waals surface area contributed by atoms with E-state index in [1.54, 1.807) is 36.5 Å². The average molecular weight is 1040 g/mol. The van der Waals surface area contributed by atoms with Crippen LogP contribution in [0.25, 0.3) is 0 Å². The molecule has 0 unspecified atom stereocenters. The van der Waals surface area contributed by atoms with E-state index in [1.807, 2.05) is 35.2 Å². The predicted octanol–water partition coefficient (Wildman–Crippen LogP) is 5.72. The van der Waals surface area contributed by atoms with Crippen LogP contribution in [0.4, 0.5) is 66.4 Å². The molecule has 400 valence electrons. The quantitative estimate of drug-likeness (QED) is 0.0350. The summed E-state index contributed by atoms with van der Waals surface area (Å²) < 4.78 is 48.8. The Labute approximate surface area is 435 Å². The third kappa shape index (κ3) is 17.7. The van der Waals surface area contributed by atoms with E-state index in [0.29, 0.717) is 64.0 Å². The number of aliphatic hydroxyl groups is 1. The van der Waals surface area contributed by atoms with Crippen LogP contribution in [0.15, 0.2) is 103 Å². The molecule has 22 nitrogen and oxygen atoms in total. The Balaban J connectivity index is 0.000000194. The van der Waals surface area contributed by atoms with Crippen LogP contribution in [0, 0.1) is 11.6 Å². The Bertz CT molecular complexity index is 2620. The summed E-state index contributed by atoms with van der Waals surface area (Å²) in [6, 6.07) is 23.9. The number of rotatable bonds is 13. The fraction of sp³-hybridized carbons (Fsp3) is 0.373. The minimum absolute atomic E-state index is 0. The van der Waals surface area contributed by atoms with E-state index in [9.17, 15) is 13.6 Å². The minimum Gasteiger partial charge on any atom is -0.397 e. The number of benzene rings is 2. The number of nitrogens with one attached hydrogen (secondary N) is 4. The first-order valence-corrected chi connectivity index (χ1v) is 24.2. The maximum absolute atomic E-state index is 14.1. The number of carbonyl (C=O) groups excluding carboxylic acids is 1. The number of aldehydes is 1. The Hall–Kier alpha value is -7.74. The van der Waals surface area contributed by atoms with Crippen molar-refractivity contribution in [3.05, 3.63) is 121 Å². The van der Waals surface area contributed by atoms with Crippen molar-refractivity contribution < 1.29 is 37.6 Å². The zero-order valence-corrected chi connectivity index (χ0v) is 41.2. The fourth-order valence-corrected chi connectivity index (χ4v) is 7.58. The predicted molar refractivity (Wildman–Crippen MR) is 288 cm³/mol. The molecule has 0 spiro atoms. The molecule has 4 aliphatic rings. The maximum atomic E-state index is 14.1. The first-order valence-electron chi connectivity index (χ1n) is 24.2. The number of hydrogen-bond donors (Lipinski definition) is 6. The lowest BCUT2D eigenvalue weighted by Crippen LogP contribution is -2.37. The largest absolute Gasteiger partial charge is 0.397 e. The van der Waals surface area contributed by atoms with Gasteiger partial charge in [-0.25, -0.2) is 30.0 Å². The number of ether oxygens (including phenoxy) is 4. The van der Waals surface area contributed by atoms with Gasteiger partial charge in [0.2, 0.25) is 11.9 Å². The molecule has 75 heavy (non-hydrogen) atoms. The third-order valence-electron chi connectivity index (χ3n) is 11.3. The second-order valence-corrected chi connectivity index (χ2v) is 16.4. The topological polar surface area (TPSA) is 251 Å². The Morgan fingerprint density at radius 1 is 0.560 bits per heavy atom. The van der Waals surface area contributed by atoms with Gasteiger partial charge in [-0.05, 0) is 79.7 Å². The molecule has 0 atom stereocenters. The number of hydrazone groups is 1. The van der Waals surface area contributed by atoms with Crippen molar-refractivity contribution in [2.75, 3.05) is 153 Å². The van der Waals surface area contributed by atoms with Crippen molar-refractivity contribution in [1.29, 1.82) is 0 Å². The van der Waals surface area contributed by atoms with Gasteiger partial charge in [0, 0.05) is 81.7 Å². The summed E-state index contributed by atoms with van der Waals surface area (Å²) in [6.45, 7) is 13.4. The van der Waals surface area contributed by atoms with Crippen LogP contribution in [-0.4, -0.2) is 159 Å². The number of nitrogens with zero attached hydrogens (tertiary/aromatic N) is 11. The number of aromatic nitrogens is 6. The number of nitrogen functional groups attached to an aromatic ring is 1. The molecule has 8 heterocycles. The molecule has 0 bridgehead atoms. The third-order valence-corrected chi connectivity index (χ3v) is 11.3. The number of hydrazine groups is 1. The standard InChI is InChI=1S/C24H27FN8O2.C16H17N3O2.C8H12FN5O.C2H6O.CH4/c25-22-17-27-24(30-23(22)33-9-13-35-14-10-33)31-28-16-19-1-2-20(15-26-19)29-18-3-5-21(6-4-18)32-7-11-34-12-8-32;20-12-15-2-1-14(11-17-15)18-13-3-5-16(6-4-13)19-7-9-21-10-8-19;9-6-5-11-8(13-10)12-7(6)14-1-3-15-4-2-14;1-2-3;/h1-6,15-17,29H,7-14H2,(H,27,30,31);1-6,11-12,18H,7-10H2;5H,1-4,10H2,(H,11,12,13);3H,2H2,1H3;1H4/b28-16+;;;;. The molecule has 4 aromatic heterocycles. The number of anilines is 10. The number of pyridine rings is 2. The summed E-state index contributed by atoms with van der Waals surface area (Å²) in [4.78, 5) is 43.1. The highest BCUT2D eigenvalue weighted by Gasteiger charge is 2.19. The molecular formula is C51H66F2N16O6. The average Bonchev–Trinajstić information content (AvgIpc) is 3.46. The molecule has 7 N–H and O–H groups in total. The van der Waals surface area contributed by atoms with Crippen LogP contribution in [0.2, 0.25) is 0 Å². The van der Waals surface area contributed by atoms with Gasteiger partial charge in [-0.15, -0.1) is 0 Å². The SMILES string of the molecule is C.CCO.Fc1cnc(N/N=C/c2ccc(Nc3ccc(N4CCOCC4)cc3)cn2)nc1N1CCOCC1.NNc1ncc(F)c(N2CCOCC2)n1.O=Cc1ccc(Nc2ccc(N3CCOCC3)cc2)cn1. The summed E-state index contributed by atoms with van der Waals surface area (Å²) in [6.07, 6.45) is 7.93. The first-order chi connectivity index (χ1) is 36.3.